The van der Waals surface area contributed by atoms with Gasteiger partial charge in [-0.25, -0.2) is 0 Å². The monoisotopic (exact) mass is 1800 g/mol. The van der Waals surface area contributed by atoms with Gasteiger partial charge >= 0.3 is 0 Å². The zero-order valence-electron chi connectivity index (χ0n) is 79.5. The van der Waals surface area contributed by atoms with E-state index in [1.807, 2.05) is 0 Å². The number of hydrogen-bond acceptors (Lipinski definition) is 0. The van der Waals surface area contributed by atoms with Gasteiger partial charge in [0.2, 0.25) is 0 Å². The van der Waals surface area contributed by atoms with E-state index in [1.165, 1.54) is 285 Å². The molecule has 0 saturated carbocycles. The lowest BCUT2D eigenvalue weighted by Gasteiger charge is -2.24. The highest BCUT2D eigenvalue weighted by atomic mass is 14.4. The summed E-state index contributed by atoms with van der Waals surface area (Å²) in [5, 5.41) is 33.2. The van der Waals surface area contributed by atoms with Gasteiger partial charge in [-0.2, -0.15) is 0 Å². The maximum Gasteiger partial charge on any atom is 0.0159 e. The lowest BCUT2D eigenvalue weighted by molar-refractivity contribution is 0.660. The Morgan fingerprint density at radius 1 is 0.113 bits per heavy atom. The molecule has 0 atom stereocenters. The molecule has 664 valence electrons. The molecule has 0 N–H and O–H groups in total. The molecule has 0 aliphatic heterocycles. The molecule has 0 fully saturated rings. The van der Waals surface area contributed by atoms with Crippen molar-refractivity contribution in [1.82, 2.24) is 0 Å². The Balaban J connectivity index is 0.000000107. The van der Waals surface area contributed by atoms with Crippen molar-refractivity contribution in [3.05, 3.63) is 532 Å². The maximum absolute atomic E-state index is 2.49. The van der Waals surface area contributed by atoms with Crippen molar-refractivity contribution in [3.8, 4) is 122 Å². The van der Waals surface area contributed by atoms with Gasteiger partial charge in [0.25, 0.3) is 0 Å². The number of benzene rings is 27. The molecule has 29 rings (SSSR count). The minimum Gasteiger partial charge on any atom is -0.0619 e. The quantitative estimate of drug-likeness (QED) is 0.0998. The highest BCUT2D eigenvalue weighted by molar-refractivity contribution is 6.32. The predicted molar refractivity (Wildman–Crippen MR) is 611 cm³/mol. The van der Waals surface area contributed by atoms with E-state index in [1.54, 1.807) is 0 Å². The first-order valence-corrected chi connectivity index (χ1v) is 49.8. The third-order valence-corrected chi connectivity index (χ3v) is 31.3. The molecule has 0 saturated heterocycles. The van der Waals surface area contributed by atoms with Gasteiger partial charge in [0.15, 0.2) is 0 Å². The summed E-state index contributed by atoms with van der Waals surface area (Å²) >= 11 is 0. The van der Waals surface area contributed by atoms with Gasteiger partial charge in [0.05, 0.1) is 0 Å². The molecule has 0 aromatic heterocycles. The average Bonchev–Trinajstić information content (AvgIpc) is 1.21. The van der Waals surface area contributed by atoms with Crippen molar-refractivity contribution in [2.45, 2.75) is 38.5 Å². The van der Waals surface area contributed by atoms with Crippen molar-refractivity contribution >= 4 is 140 Å². The standard InChI is InChI=1S/C50H32.C48H36.C44H28/c1-3-12-40-31-42(27-21-33(40)9-1)35-17-23-38(24-18-35)48-45-15-7-8-16-46(45)49(50-44-14-6-5-11-37(44)29-30-47(48)50)39-25-19-36(20-26-39)43-28-22-34-10-2-4-13-41(34)32-43;1-47(2)40-19-11-9-15-33(40)35-24-22-30(27-42(35)47)44-37-17-7-8-18-38(37)45(46-32-14-6-5-13-29(32)21-26-39(44)46)31-23-25-36-34-16-10-12-20-41(34)48(3,4)43(36)28-31;1-3-12-34-27-36(23-19-29(34)9-1)31-17-21-33(22-18-31)43-40-16-8-7-15-39(40)42(37-24-20-30-10-2-4-13-35(30)28-37)41-26-25-32-11-5-6-14-38(32)44(41)43/h1-32H;5-28H,1-4H3;1-28H. The number of rotatable bonds is 9. The first-order chi connectivity index (χ1) is 69.9. The fraction of sp³-hybridized carbons (Fsp3) is 0.0423. The van der Waals surface area contributed by atoms with Crippen molar-refractivity contribution in [2.24, 2.45) is 0 Å². The van der Waals surface area contributed by atoms with Crippen molar-refractivity contribution in [2.75, 3.05) is 0 Å². The zero-order valence-corrected chi connectivity index (χ0v) is 79.5. The molecule has 2 aliphatic carbocycles. The molecule has 0 spiro atoms. The summed E-state index contributed by atoms with van der Waals surface area (Å²) in [6, 6.07) is 189. The smallest absolute Gasteiger partial charge is 0.0159 e. The van der Waals surface area contributed by atoms with Crippen LogP contribution in [-0.4, -0.2) is 0 Å². The molecule has 2 aliphatic rings. The van der Waals surface area contributed by atoms with E-state index in [4.69, 9.17) is 0 Å². The molecule has 0 heteroatoms. The normalized spacial score (nSPS) is 12.8. The van der Waals surface area contributed by atoms with E-state index < -0.39 is 0 Å². The highest BCUT2D eigenvalue weighted by Crippen LogP contribution is 2.57. The van der Waals surface area contributed by atoms with Crippen molar-refractivity contribution in [3.63, 3.8) is 0 Å². The summed E-state index contributed by atoms with van der Waals surface area (Å²) in [5.74, 6) is 0. The summed E-state index contributed by atoms with van der Waals surface area (Å²) < 4.78 is 0. The first kappa shape index (κ1) is 83.7. The average molecular weight is 1800 g/mol. The maximum atomic E-state index is 2.49. The first-order valence-electron chi connectivity index (χ1n) is 49.8. The van der Waals surface area contributed by atoms with Crippen LogP contribution in [-0.2, 0) is 10.8 Å². The minimum absolute atomic E-state index is 0.0605. The van der Waals surface area contributed by atoms with Crippen LogP contribution < -0.4 is 0 Å². The predicted octanol–water partition coefficient (Wildman–Crippen LogP) is 39.7. The van der Waals surface area contributed by atoms with E-state index in [-0.39, 0.29) is 10.8 Å². The lowest BCUT2D eigenvalue weighted by atomic mass is 9.79. The Kier molecular flexibility index (Phi) is 19.8. The van der Waals surface area contributed by atoms with Crippen LogP contribution in [0.3, 0.4) is 0 Å². The Labute approximate surface area is 826 Å². The van der Waals surface area contributed by atoms with Crippen LogP contribution in [0.4, 0.5) is 0 Å². The van der Waals surface area contributed by atoms with Crippen molar-refractivity contribution in [1.29, 1.82) is 0 Å². The van der Waals surface area contributed by atoms with Gasteiger partial charge in [-0.3, -0.25) is 0 Å². The Morgan fingerprint density at radius 3 is 0.641 bits per heavy atom. The molecule has 0 amide bonds. The van der Waals surface area contributed by atoms with E-state index in [0.717, 1.165) is 0 Å². The summed E-state index contributed by atoms with van der Waals surface area (Å²) in [6.07, 6.45) is 0. The number of fused-ring (bicyclic) bond motifs is 22. The lowest BCUT2D eigenvalue weighted by Crippen LogP contribution is -2.15. The summed E-state index contributed by atoms with van der Waals surface area (Å²) in [7, 11) is 0. The second-order valence-corrected chi connectivity index (χ2v) is 39.9. The van der Waals surface area contributed by atoms with Crippen LogP contribution in [0.5, 0.6) is 0 Å². The summed E-state index contributed by atoms with van der Waals surface area (Å²) in [6.45, 7) is 9.51. The van der Waals surface area contributed by atoms with Crippen LogP contribution in [0.1, 0.15) is 49.9 Å². The van der Waals surface area contributed by atoms with Crippen molar-refractivity contribution < 1.29 is 0 Å². The molecular formula is C142H96. The molecule has 142 heavy (non-hydrogen) atoms. The SMILES string of the molecule is CC1(C)c2ccccc2-c2ccc(-c3c4ccccc4c(-c4ccc5c(c4)C(C)(C)c4ccccc4-5)c4c3ccc3ccccc34)cc21.c1ccc2cc(-c3ccc(-c4c5ccccc5c(-c5ccc(-c6ccc7ccccc7c6)cc5)c5c4ccc4ccccc45)cc3)ccc2c1.c1ccc2cc(-c3ccc(-c4c5ccccc5c(-c5ccc6ccccc6c5)c5ccc6ccccc6c45)cc3)ccc2c1. The van der Waals surface area contributed by atoms with Crippen LogP contribution in [0.25, 0.3) is 262 Å². The molecule has 0 radical (unpaired) electrons. The summed E-state index contributed by atoms with van der Waals surface area (Å²) in [4.78, 5) is 0. The molecule has 0 nitrogen and oxygen atoms in total. The fourth-order valence-electron chi connectivity index (χ4n) is 24.3. The van der Waals surface area contributed by atoms with Crippen LogP contribution >= 0.6 is 0 Å². The Morgan fingerprint density at radius 2 is 0.310 bits per heavy atom. The topological polar surface area (TPSA) is 0 Å². The van der Waals surface area contributed by atoms with Gasteiger partial charge in [-0.05, 0) is 321 Å². The van der Waals surface area contributed by atoms with Gasteiger partial charge in [0, 0.05) is 10.8 Å². The van der Waals surface area contributed by atoms with E-state index in [2.05, 4.69) is 537 Å². The molecule has 0 unspecified atom stereocenters. The second kappa shape index (κ2) is 33.6. The Hall–Kier alpha value is -17.7. The second-order valence-electron chi connectivity index (χ2n) is 39.9. The molecule has 0 bridgehead atoms. The zero-order chi connectivity index (χ0) is 94.4. The molecule has 27 aromatic carbocycles. The third-order valence-electron chi connectivity index (χ3n) is 31.3. The van der Waals surface area contributed by atoms with Crippen LogP contribution in [0.15, 0.2) is 510 Å². The summed E-state index contributed by atoms with van der Waals surface area (Å²) in [5.41, 5.74) is 33.6. The molecule has 0 heterocycles. The van der Waals surface area contributed by atoms with Crippen LogP contribution in [0, 0.1) is 0 Å². The van der Waals surface area contributed by atoms with Gasteiger partial charge in [0.1, 0.15) is 0 Å². The van der Waals surface area contributed by atoms with E-state index >= 15 is 0 Å². The van der Waals surface area contributed by atoms with Gasteiger partial charge in [-0.15, -0.1) is 0 Å². The van der Waals surface area contributed by atoms with Gasteiger partial charge < -0.3 is 0 Å². The van der Waals surface area contributed by atoms with E-state index in [9.17, 15) is 0 Å². The number of hydrogen-bond donors (Lipinski definition) is 0. The van der Waals surface area contributed by atoms with Crippen LogP contribution in [0.2, 0.25) is 0 Å². The largest absolute Gasteiger partial charge is 0.0619 e. The fourth-order valence-corrected chi connectivity index (χ4v) is 24.3. The Bertz CT molecular complexity index is 9890. The van der Waals surface area contributed by atoms with Gasteiger partial charge in [-0.1, -0.05) is 501 Å². The highest BCUT2D eigenvalue weighted by Gasteiger charge is 2.38. The third kappa shape index (κ3) is 13.8. The van der Waals surface area contributed by atoms with E-state index in [0.29, 0.717) is 0 Å². The molecular weight excluding hydrogens is 1710 g/mol. The minimum atomic E-state index is -0.0651. The molecule has 27 aromatic rings.